The van der Waals surface area contributed by atoms with Crippen molar-refractivity contribution in [3.05, 3.63) is 46.5 Å². The first-order valence-corrected chi connectivity index (χ1v) is 5.72. The van der Waals surface area contributed by atoms with E-state index in [0.717, 1.165) is 0 Å². The largest absolute Gasteiger partial charge is 0.288 e. The molecule has 4 rings (SSSR count). The van der Waals surface area contributed by atoms with Crippen molar-refractivity contribution in [2.45, 2.75) is 0 Å². The minimum absolute atomic E-state index is 0.149. The normalized spacial score (nSPS) is 16.2. The number of hydrogen-bond donors (Lipinski definition) is 2. The summed E-state index contributed by atoms with van der Waals surface area (Å²) in [5.74, 6) is -2.34. The average molecular weight is 264 g/mol. The second-order valence-electron chi connectivity index (χ2n) is 4.47. The molecule has 0 atom stereocenters. The standard InChI is InChI=1S/C14H4N2O4/c17-11-5-1-2-6-10-8(14(20)16-12(6)18)4-3-7(9(5)10)13(19)15-11/h1,4H,(H,15,17,19)(H,16,18,20). The van der Waals surface area contributed by atoms with Crippen LogP contribution in [0.2, 0.25) is 0 Å². The maximum Gasteiger partial charge on any atom is 0.259 e. The van der Waals surface area contributed by atoms with E-state index >= 15 is 0 Å². The van der Waals surface area contributed by atoms with Crippen LogP contribution in [0.4, 0.5) is 0 Å². The summed E-state index contributed by atoms with van der Waals surface area (Å²) in [5, 5.41) is 4.93. The molecule has 94 valence electrons. The first kappa shape index (κ1) is 10.9. The van der Waals surface area contributed by atoms with Gasteiger partial charge in [-0.3, -0.25) is 29.8 Å². The van der Waals surface area contributed by atoms with Gasteiger partial charge in [-0.1, -0.05) is 0 Å². The van der Waals surface area contributed by atoms with E-state index in [2.05, 4.69) is 22.8 Å². The van der Waals surface area contributed by atoms with Crippen molar-refractivity contribution in [2.24, 2.45) is 0 Å². The maximum atomic E-state index is 11.8. The van der Waals surface area contributed by atoms with E-state index in [1.807, 2.05) is 0 Å². The van der Waals surface area contributed by atoms with E-state index in [-0.39, 0.29) is 33.0 Å². The topological polar surface area (TPSA) is 92.3 Å². The Kier molecular flexibility index (Phi) is 1.79. The molecule has 6 nitrogen and oxygen atoms in total. The number of hydrogen-bond acceptors (Lipinski definition) is 4. The van der Waals surface area contributed by atoms with Crippen molar-refractivity contribution in [2.75, 3.05) is 0 Å². The molecule has 0 aliphatic carbocycles. The van der Waals surface area contributed by atoms with Crippen LogP contribution in [-0.2, 0) is 0 Å². The van der Waals surface area contributed by atoms with Gasteiger partial charge in [-0.2, -0.15) is 0 Å². The molecule has 0 aromatic heterocycles. The summed E-state index contributed by atoms with van der Waals surface area (Å²) in [6.07, 6.45) is 0. The lowest BCUT2D eigenvalue weighted by Gasteiger charge is -2.22. The van der Waals surface area contributed by atoms with Gasteiger partial charge in [-0.15, -0.1) is 0 Å². The third-order valence-electron chi connectivity index (χ3n) is 3.41. The van der Waals surface area contributed by atoms with Crippen molar-refractivity contribution < 1.29 is 19.2 Å². The molecule has 2 aliphatic rings. The molecule has 2 aromatic rings. The van der Waals surface area contributed by atoms with Gasteiger partial charge >= 0.3 is 0 Å². The number of benzene rings is 2. The number of rotatable bonds is 0. The van der Waals surface area contributed by atoms with Crippen molar-refractivity contribution >= 4 is 34.4 Å². The number of carbonyl (C=O) groups is 4. The average Bonchev–Trinajstić information content (AvgIpc) is 2.42. The van der Waals surface area contributed by atoms with Crippen molar-refractivity contribution in [1.82, 2.24) is 10.6 Å². The molecule has 2 radical (unpaired) electrons. The molecule has 0 saturated carbocycles. The van der Waals surface area contributed by atoms with Gasteiger partial charge in [0.25, 0.3) is 23.6 Å². The van der Waals surface area contributed by atoms with E-state index < -0.39 is 23.6 Å². The van der Waals surface area contributed by atoms with Crippen LogP contribution in [0.3, 0.4) is 0 Å². The molecule has 0 bridgehead atoms. The minimum atomic E-state index is -0.593. The van der Waals surface area contributed by atoms with Gasteiger partial charge in [0.05, 0.1) is 11.1 Å². The Morgan fingerprint density at radius 2 is 1.05 bits per heavy atom. The van der Waals surface area contributed by atoms with Crippen LogP contribution < -0.4 is 10.6 Å². The molecule has 6 heteroatoms. The number of carbonyl (C=O) groups excluding carboxylic acids is 4. The van der Waals surface area contributed by atoms with Gasteiger partial charge in [-0.05, 0) is 24.3 Å². The Hall–Kier alpha value is -3.02. The second kappa shape index (κ2) is 3.30. The summed E-state index contributed by atoms with van der Waals surface area (Å²) in [6.45, 7) is 0. The molecular weight excluding hydrogens is 260 g/mol. The van der Waals surface area contributed by atoms with E-state index in [9.17, 15) is 19.2 Å². The fourth-order valence-corrected chi connectivity index (χ4v) is 2.55. The van der Waals surface area contributed by atoms with Gasteiger partial charge in [0.15, 0.2) is 0 Å². The van der Waals surface area contributed by atoms with Crippen LogP contribution in [0.5, 0.6) is 0 Å². The lowest BCUT2D eigenvalue weighted by molar-refractivity contribution is 0.0823. The fourth-order valence-electron chi connectivity index (χ4n) is 2.55. The lowest BCUT2D eigenvalue weighted by atomic mass is 9.87. The third-order valence-corrected chi connectivity index (χ3v) is 3.41. The van der Waals surface area contributed by atoms with Gasteiger partial charge in [0, 0.05) is 21.9 Å². The quantitative estimate of drug-likeness (QED) is 0.665. The zero-order valence-electron chi connectivity index (χ0n) is 9.79. The first-order valence-electron chi connectivity index (χ1n) is 5.72. The van der Waals surface area contributed by atoms with Gasteiger partial charge in [0.1, 0.15) is 0 Å². The van der Waals surface area contributed by atoms with E-state index in [4.69, 9.17) is 0 Å². The first-order chi connectivity index (χ1) is 9.58. The monoisotopic (exact) mass is 264 g/mol. The zero-order valence-corrected chi connectivity index (χ0v) is 9.79. The lowest BCUT2D eigenvalue weighted by Crippen LogP contribution is -2.38. The highest BCUT2D eigenvalue weighted by atomic mass is 16.2. The molecule has 20 heavy (non-hydrogen) atoms. The van der Waals surface area contributed by atoms with Crippen LogP contribution in [0.1, 0.15) is 41.4 Å². The number of nitrogens with one attached hydrogen (secondary N) is 2. The van der Waals surface area contributed by atoms with Crippen molar-refractivity contribution in [3.8, 4) is 0 Å². The van der Waals surface area contributed by atoms with Gasteiger partial charge < -0.3 is 0 Å². The maximum absolute atomic E-state index is 11.8. The minimum Gasteiger partial charge on any atom is -0.288 e. The van der Waals surface area contributed by atoms with Crippen LogP contribution >= 0.6 is 0 Å². The van der Waals surface area contributed by atoms with E-state index in [1.54, 1.807) is 0 Å². The molecule has 0 fully saturated rings. The van der Waals surface area contributed by atoms with E-state index in [0.29, 0.717) is 0 Å². The molecule has 4 amide bonds. The molecule has 2 aromatic carbocycles. The molecule has 2 aliphatic heterocycles. The summed E-state index contributed by atoms with van der Waals surface area (Å²) < 4.78 is 0. The smallest absolute Gasteiger partial charge is 0.259 e. The second-order valence-corrected chi connectivity index (χ2v) is 4.47. The van der Waals surface area contributed by atoms with Crippen LogP contribution in [0.25, 0.3) is 10.8 Å². The third kappa shape index (κ3) is 1.13. The predicted octanol–water partition coefficient (Wildman–Crippen LogP) is 0.207. The Morgan fingerprint density at radius 3 is 1.45 bits per heavy atom. The summed E-state index contributed by atoms with van der Waals surface area (Å²) in [5.41, 5.74) is 0.713. The Morgan fingerprint density at radius 1 is 0.650 bits per heavy atom. The summed E-state index contributed by atoms with van der Waals surface area (Å²) in [6, 6.07) is 8.08. The number of imide groups is 2. The Bertz CT molecular complexity index is 743. The highest BCUT2D eigenvalue weighted by Crippen LogP contribution is 2.33. The summed E-state index contributed by atoms with van der Waals surface area (Å²) >= 11 is 0. The van der Waals surface area contributed by atoms with Crippen LogP contribution in [0.15, 0.2) is 12.1 Å². The van der Waals surface area contributed by atoms with Crippen LogP contribution in [0, 0.1) is 12.1 Å². The number of amides is 4. The molecule has 2 N–H and O–H groups in total. The molecular formula is C14H4N2O4. The Balaban J connectivity index is 2.29. The SMILES string of the molecule is O=C1NC(=O)c2c[c]c3c4c(c[c]c1c24)C(=O)NC3=O. The van der Waals surface area contributed by atoms with Crippen molar-refractivity contribution in [3.63, 3.8) is 0 Å². The summed E-state index contributed by atoms with van der Waals surface area (Å²) in [4.78, 5) is 47.3. The highest BCUT2D eigenvalue weighted by molar-refractivity contribution is 6.33. The zero-order chi connectivity index (χ0) is 14.0. The molecule has 0 spiro atoms. The molecule has 0 unspecified atom stereocenters. The van der Waals surface area contributed by atoms with Gasteiger partial charge in [0.2, 0.25) is 0 Å². The Labute approximate surface area is 111 Å². The molecule has 2 heterocycles. The van der Waals surface area contributed by atoms with Crippen LogP contribution in [-0.4, -0.2) is 23.6 Å². The fraction of sp³-hybridized carbons (Fsp3) is 0. The van der Waals surface area contributed by atoms with Crippen molar-refractivity contribution in [1.29, 1.82) is 0 Å². The predicted molar refractivity (Wildman–Crippen MR) is 65.2 cm³/mol. The highest BCUT2D eigenvalue weighted by Gasteiger charge is 2.32. The molecule has 0 saturated heterocycles. The van der Waals surface area contributed by atoms with Gasteiger partial charge in [-0.25, -0.2) is 0 Å². The van der Waals surface area contributed by atoms with E-state index in [1.165, 1.54) is 12.1 Å². The summed E-state index contributed by atoms with van der Waals surface area (Å²) in [7, 11) is 0.